The number of halogens is 1. The van der Waals surface area contributed by atoms with Crippen LogP contribution in [0.4, 0.5) is 5.69 Å². The number of aromatic amines is 1. The van der Waals surface area contributed by atoms with Gasteiger partial charge in [-0.25, -0.2) is 0 Å². The molecule has 4 rings (SSSR count). The Morgan fingerprint density at radius 2 is 2.14 bits per heavy atom. The second-order valence-corrected chi connectivity index (χ2v) is 5.28. The van der Waals surface area contributed by atoms with Crippen molar-refractivity contribution in [1.29, 1.82) is 0 Å². The van der Waals surface area contributed by atoms with E-state index in [0.29, 0.717) is 27.3 Å². The summed E-state index contributed by atoms with van der Waals surface area (Å²) in [4.78, 5) is 20.1. The molecule has 0 aliphatic rings. The number of hydrogen-bond acceptors (Lipinski definition) is 4. The zero-order valence-corrected chi connectivity index (χ0v) is 12.3. The zero-order valence-electron chi connectivity index (χ0n) is 11.5. The van der Waals surface area contributed by atoms with Crippen LogP contribution in [0.1, 0.15) is 0 Å². The van der Waals surface area contributed by atoms with Crippen molar-refractivity contribution in [3.8, 4) is 0 Å². The molecule has 1 N–H and O–H groups in total. The number of fused-ring (bicyclic) bond motifs is 4. The fourth-order valence-electron chi connectivity index (χ4n) is 2.70. The SMILES string of the molecule is CN=Nc1c2cc(Cl)ccc2n2c(=O)c3ccncc3[nH]c12. The van der Waals surface area contributed by atoms with Crippen molar-refractivity contribution in [2.24, 2.45) is 10.2 Å². The molecule has 3 heterocycles. The van der Waals surface area contributed by atoms with Crippen LogP contribution in [0.5, 0.6) is 0 Å². The van der Waals surface area contributed by atoms with Gasteiger partial charge in [0.15, 0.2) is 0 Å². The molecule has 22 heavy (non-hydrogen) atoms. The molecule has 0 fully saturated rings. The van der Waals surface area contributed by atoms with Gasteiger partial charge in [0, 0.05) is 23.7 Å². The Labute approximate surface area is 129 Å². The third-order valence-electron chi connectivity index (χ3n) is 3.61. The number of nitrogens with one attached hydrogen (secondary N) is 1. The van der Waals surface area contributed by atoms with Gasteiger partial charge in [0.1, 0.15) is 11.3 Å². The summed E-state index contributed by atoms with van der Waals surface area (Å²) in [5.41, 5.74) is 2.43. The third kappa shape index (κ3) is 1.67. The fraction of sp³-hybridized carbons (Fsp3) is 0.0667. The first-order valence-corrected chi connectivity index (χ1v) is 6.98. The first kappa shape index (κ1) is 13.0. The minimum absolute atomic E-state index is 0.129. The van der Waals surface area contributed by atoms with Gasteiger partial charge in [-0.05, 0) is 24.3 Å². The van der Waals surface area contributed by atoms with Gasteiger partial charge in [-0.3, -0.25) is 14.2 Å². The van der Waals surface area contributed by atoms with E-state index in [-0.39, 0.29) is 5.56 Å². The molecule has 4 aromatic rings. The van der Waals surface area contributed by atoms with Crippen molar-refractivity contribution < 1.29 is 0 Å². The fourth-order valence-corrected chi connectivity index (χ4v) is 2.87. The first-order chi connectivity index (χ1) is 10.7. The normalized spacial score (nSPS) is 12.1. The summed E-state index contributed by atoms with van der Waals surface area (Å²) < 4.78 is 1.60. The van der Waals surface area contributed by atoms with E-state index < -0.39 is 0 Å². The van der Waals surface area contributed by atoms with Crippen molar-refractivity contribution in [2.75, 3.05) is 7.05 Å². The monoisotopic (exact) mass is 311 g/mol. The number of rotatable bonds is 1. The first-order valence-electron chi connectivity index (χ1n) is 6.60. The number of aromatic nitrogens is 3. The number of benzene rings is 1. The second-order valence-electron chi connectivity index (χ2n) is 4.85. The number of azo groups is 1. The molecule has 0 bridgehead atoms. The highest BCUT2D eigenvalue weighted by Gasteiger charge is 2.16. The van der Waals surface area contributed by atoms with E-state index in [2.05, 4.69) is 20.2 Å². The Balaban J connectivity index is 2.36. The quantitative estimate of drug-likeness (QED) is 0.544. The lowest BCUT2D eigenvalue weighted by molar-refractivity contribution is 1.12. The smallest absolute Gasteiger partial charge is 0.266 e. The van der Waals surface area contributed by atoms with Crippen molar-refractivity contribution in [1.82, 2.24) is 14.4 Å². The van der Waals surface area contributed by atoms with Crippen molar-refractivity contribution in [3.05, 3.63) is 52.0 Å². The van der Waals surface area contributed by atoms with Crippen LogP contribution in [0, 0.1) is 0 Å². The molecule has 0 atom stereocenters. The van der Waals surface area contributed by atoms with Crippen LogP contribution in [0.2, 0.25) is 5.02 Å². The van der Waals surface area contributed by atoms with Crippen LogP contribution in [0.25, 0.3) is 27.5 Å². The van der Waals surface area contributed by atoms with E-state index in [1.807, 2.05) is 6.07 Å². The van der Waals surface area contributed by atoms with Gasteiger partial charge in [-0.15, -0.1) is 0 Å². The average molecular weight is 312 g/mol. The standard InChI is InChI=1S/C15H10ClN5O/c1-17-20-13-10-6-8(16)2-3-12(10)21-14(13)19-11-7-18-5-4-9(11)15(21)22/h2-7,19H,1H3. The second kappa shape index (κ2) is 4.64. The minimum atomic E-state index is -0.129. The van der Waals surface area contributed by atoms with Gasteiger partial charge in [-0.2, -0.15) is 10.2 Å². The van der Waals surface area contributed by atoms with E-state index in [0.717, 1.165) is 10.9 Å². The van der Waals surface area contributed by atoms with Crippen LogP contribution in [-0.4, -0.2) is 21.4 Å². The molecular formula is C15H10ClN5O. The molecule has 0 aliphatic carbocycles. The summed E-state index contributed by atoms with van der Waals surface area (Å²) in [6.07, 6.45) is 3.22. The maximum Gasteiger partial charge on any atom is 0.266 e. The molecule has 0 amide bonds. The van der Waals surface area contributed by atoms with Crippen molar-refractivity contribution in [2.45, 2.75) is 0 Å². The van der Waals surface area contributed by atoms with Crippen molar-refractivity contribution >= 4 is 44.7 Å². The molecule has 0 unspecified atom stereocenters. The summed E-state index contributed by atoms with van der Waals surface area (Å²) in [7, 11) is 1.58. The molecule has 7 heteroatoms. The van der Waals surface area contributed by atoms with Gasteiger partial charge < -0.3 is 4.98 Å². The van der Waals surface area contributed by atoms with Crippen molar-refractivity contribution in [3.63, 3.8) is 0 Å². The Hall–Kier alpha value is -2.73. The van der Waals surface area contributed by atoms with Crippen LogP contribution in [0.3, 0.4) is 0 Å². The lowest BCUT2D eigenvalue weighted by Crippen LogP contribution is -2.13. The van der Waals surface area contributed by atoms with E-state index in [1.165, 1.54) is 0 Å². The molecule has 0 aliphatic heterocycles. The van der Waals surface area contributed by atoms with Gasteiger partial charge in [-0.1, -0.05) is 11.6 Å². The number of H-pyrrole nitrogens is 1. The Kier molecular flexibility index (Phi) is 2.74. The molecule has 6 nitrogen and oxygen atoms in total. The third-order valence-corrected chi connectivity index (χ3v) is 3.85. The predicted octanol–water partition coefficient (Wildman–Crippen LogP) is 3.70. The molecule has 108 valence electrons. The molecule has 0 spiro atoms. The Bertz CT molecular complexity index is 1130. The Morgan fingerprint density at radius 1 is 1.27 bits per heavy atom. The van der Waals surface area contributed by atoms with E-state index in [1.54, 1.807) is 42.0 Å². The summed E-state index contributed by atoms with van der Waals surface area (Å²) >= 11 is 6.08. The van der Waals surface area contributed by atoms with Gasteiger partial charge in [0.2, 0.25) is 0 Å². The average Bonchev–Trinajstić information content (AvgIpc) is 2.82. The minimum Gasteiger partial charge on any atom is -0.337 e. The number of nitrogens with zero attached hydrogens (tertiary/aromatic N) is 4. The molecule has 0 radical (unpaired) electrons. The van der Waals surface area contributed by atoms with E-state index >= 15 is 0 Å². The molecule has 3 aromatic heterocycles. The highest BCUT2D eigenvalue weighted by molar-refractivity contribution is 6.31. The summed E-state index contributed by atoms with van der Waals surface area (Å²) in [5, 5.41) is 9.93. The van der Waals surface area contributed by atoms with Crippen LogP contribution in [-0.2, 0) is 0 Å². The van der Waals surface area contributed by atoms with Gasteiger partial charge >= 0.3 is 0 Å². The molecule has 1 aromatic carbocycles. The lowest BCUT2D eigenvalue weighted by Gasteiger charge is -2.01. The number of hydrogen-bond donors (Lipinski definition) is 1. The highest BCUT2D eigenvalue weighted by Crippen LogP contribution is 2.34. The van der Waals surface area contributed by atoms with Gasteiger partial charge in [0.25, 0.3) is 5.56 Å². The van der Waals surface area contributed by atoms with Gasteiger partial charge in [0.05, 0.1) is 22.6 Å². The topological polar surface area (TPSA) is 74.9 Å². The van der Waals surface area contributed by atoms with Crippen LogP contribution in [0.15, 0.2) is 51.7 Å². The zero-order chi connectivity index (χ0) is 15.3. The van der Waals surface area contributed by atoms with Crippen LogP contribution < -0.4 is 5.56 Å². The Morgan fingerprint density at radius 3 is 2.95 bits per heavy atom. The largest absolute Gasteiger partial charge is 0.337 e. The molecular weight excluding hydrogens is 302 g/mol. The number of pyridine rings is 1. The van der Waals surface area contributed by atoms with E-state index in [4.69, 9.17) is 11.6 Å². The summed E-state index contributed by atoms with van der Waals surface area (Å²) in [6, 6.07) is 7.03. The molecule has 0 saturated heterocycles. The maximum absolute atomic E-state index is 12.8. The predicted molar refractivity (Wildman–Crippen MR) is 86.3 cm³/mol. The molecule has 0 saturated carbocycles. The lowest BCUT2D eigenvalue weighted by atomic mass is 10.2. The van der Waals surface area contributed by atoms with E-state index in [9.17, 15) is 4.79 Å². The summed E-state index contributed by atoms with van der Waals surface area (Å²) in [5.74, 6) is 0. The van der Waals surface area contributed by atoms with Crippen LogP contribution >= 0.6 is 11.6 Å². The highest BCUT2D eigenvalue weighted by atomic mass is 35.5. The maximum atomic E-state index is 12.8. The summed E-state index contributed by atoms with van der Waals surface area (Å²) in [6.45, 7) is 0.